The van der Waals surface area contributed by atoms with Crippen molar-refractivity contribution in [3.8, 4) is 0 Å². The summed E-state index contributed by atoms with van der Waals surface area (Å²) < 4.78 is 32.1. The predicted molar refractivity (Wildman–Crippen MR) is 57.5 cm³/mol. The molecule has 1 atom stereocenters. The Morgan fingerprint density at radius 3 is 2.44 bits per heavy atom. The summed E-state index contributed by atoms with van der Waals surface area (Å²) in [7, 11) is 0. The molecule has 0 unspecified atom stereocenters. The zero-order valence-electron chi connectivity index (χ0n) is 9.21. The maximum absolute atomic E-state index is 13.4. The number of rotatable bonds is 2. The first-order valence-corrected chi connectivity index (χ1v) is 5.24. The smallest absolute Gasteiger partial charge is 0.222 e. The lowest BCUT2D eigenvalue weighted by Gasteiger charge is -2.06. The maximum atomic E-state index is 13.4. The number of nitrogens with zero attached hydrogens (tertiary/aromatic N) is 1. The van der Waals surface area contributed by atoms with Crippen LogP contribution in [0.3, 0.4) is 0 Å². The number of hydrogen-bond acceptors (Lipinski definition) is 2. The van der Waals surface area contributed by atoms with Crippen molar-refractivity contribution in [1.29, 1.82) is 0 Å². The predicted octanol–water partition coefficient (Wildman–Crippen LogP) is 2.77. The SMILES string of the molecule is CC(C)[C@@H]1COC(c2c(F)cccc2F)=N1. The summed E-state index contributed by atoms with van der Waals surface area (Å²) in [6, 6.07) is 3.71. The number of halogens is 2. The first-order valence-electron chi connectivity index (χ1n) is 5.24. The van der Waals surface area contributed by atoms with Crippen LogP contribution in [-0.4, -0.2) is 18.5 Å². The summed E-state index contributed by atoms with van der Waals surface area (Å²) in [5, 5.41) is 0. The van der Waals surface area contributed by atoms with E-state index in [9.17, 15) is 8.78 Å². The van der Waals surface area contributed by atoms with Gasteiger partial charge in [-0.15, -0.1) is 0 Å². The minimum absolute atomic E-state index is 0.0194. The van der Waals surface area contributed by atoms with Crippen LogP contribution in [0.2, 0.25) is 0 Å². The molecule has 1 aliphatic rings. The minimum Gasteiger partial charge on any atom is -0.475 e. The third kappa shape index (κ3) is 1.92. The molecule has 1 heterocycles. The fourth-order valence-corrected chi connectivity index (χ4v) is 1.57. The molecule has 4 heteroatoms. The van der Waals surface area contributed by atoms with E-state index < -0.39 is 11.6 Å². The molecule has 1 aromatic rings. The van der Waals surface area contributed by atoms with Gasteiger partial charge in [0, 0.05) is 0 Å². The van der Waals surface area contributed by atoms with Crippen LogP contribution in [0, 0.1) is 17.6 Å². The number of ether oxygens (including phenoxy) is 1. The Balaban J connectivity index is 2.36. The third-order valence-corrected chi connectivity index (χ3v) is 2.62. The Morgan fingerprint density at radius 2 is 1.94 bits per heavy atom. The lowest BCUT2D eigenvalue weighted by atomic mass is 10.1. The molecular weight excluding hydrogens is 212 g/mol. The van der Waals surface area contributed by atoms with Gasteiger partial charge in [-0.25, -0.2) is 13.8 Å². The van der Waals surface area contributed by atoms with Crippen molar-refractivity contribution in [2.24, 2.45) is 10.9 Å². The molecule has 0 bridgehead atoms. The normalized spacial score (nSPS) is 19.8. The number of benzene rings is 1. The van der Waals surface area contributed by atoms with Gasteiger partial charge in [0.15, 0.2) is 0 Å². The Kier molecular flexibility index (Phi) is 2.90. The van der Waals surface area contributed by atoms with Gasteiger partial charge in [-0.1, -0.05) is 19.9 Å². The lowest BCUT2D eigenvalue weighted by molar-refractivity contribution is 0.290. The summed E-state index contributed by atoms with van der Waals surface area (Å²) in [6.45, 7) is 4.39. The Hall–Kier alpha value is -1.45. The number of hydrogen-bond donors (Lipinski definition) is 0. The van der Waals surface area contributed by atoms with Gasteiger partial charge >= 0.3 is 0 Å². The lowest BCUT2D eigenvalue weighted by Crippen LogP contribution is -2.13. The van der Waals surface area contributed by atoms with Crippen LogP contribution in [0.5, 0.6) is 0 Å². The van der Waals surface area contributed by atoms with Crippen molar-refractivity contribution in [2.45, 2.75) is 19.9 Å². The molecule has 1 aromatic carbocycles. The average molecular weight is 225 g/mol. The van der Waals surface area contributed by atoms with Crippen molar-refractivity contribution >= 4 is 5.90 Å². The van der Waals surface area contributed by atoms with Crippen LogP contribution >= 0.6 is 0 Å². The van der Waals surface area contributed by atoms with Crippen LogP contribution in [0.25, 0.3) is 0 Å². The Bertz CT molecular complexity index is 409. The van der Waals surface area contributed by atoms with E-state index in [4.69, 9.17) is 4.74 Å². The van der Waals surface area contributed by atoms with Gasteiger partial charge in [0.25, 0.3) is 0 Å². The quantitative estimate of drug-likeness (QED) is 0.758. The highest BCUT2D eigenvalue weighted by Crippen LogP contribution is 2.21. The average Bonchev–Trinajstić information content (AvgIpc) is 2.66. The van der Waals surface area contributed by atoms with Crippen LogP contribution in [0.4, 0.5) is 8.78 Å². The van der Waals surface area contributed by atoms with E-state index in [0.717, 1.165) is 0 Å². The molecule has 0 saturated carbocycles. The van der Waals surface area contributed by atoms with Crippen molar-refractivity contribution in [3.05, 3.63) is 35.4 Å². The second-order valence-electron chi connectivity index (χ2n) is 4.15. The molecule has 0 radical (unpaired) electrons. The first-order chi connectivity index (χ1) is 7.59. The highest BCUT2D eigenvalue weighted by atomic mass is 19.1. The second-order valence-corrected chi connectivity index (χ2v) is 4.15. The Morgan fingerprint density at radius 1 is 1.31 bits per heavy atom. The highest BCUT2D eigenvalue weighted by molar-refractivity contribution is 5.95. The zero-order valence-corrected chi connectivity index (χ0v) is 9.21. The van der Waals surface area contributed by atoms with E-state index in [0.29, 0.717) is 12.5 Å². The first kappa shape index (κ1) is 11.0. The van der Waals surface area contributed by atoms with Crippen molar-refractivity contribution in [3.63, 3.8) is 0 Å². The molecule has 0 aliphatic carbocycles. The number of aliphatic imine (C=N–C) groups is 1. The van der Waals surface area contributed by atoms with Gasteiger partial charge in [-0.3, -0.25) is 0 Å². The van der Waals surface area contributed by atoms with Gasteiger partial charge in [0.2, 0.25) is 5.90 Å². The molecule has 0 N–H and O–H groups in total. The van der Waals surface area contributed by atoms with E-state index in [1.54, 1.807) is 0 Å². The fourth-order valence-electron chi connectivity index (χ4n) is 1.57. The van der Waals surface area contributed by atoms with E-state index in [1.807, 2.05) is 13.8 Å². The molecule has 0 fully saturated rings. The molecule has 2 rings (SSSR count). The summed E-state index contributed by atoms with van der Waals surface area (Å²) >= 11 is 0. The minimum atomic E-state index is -0.636. The van der Waals surface area contributed by atoms with Crippen LogP contribution in [0.1, 0.15) is 19.4 Å². The van der Waals surface area contributed by atoms with E-state index >= 15 is 0 Å². The summed E-state index contributed by atoms with van der Waals surface area (Å²) in [6.07, 6.45) is 0. The van der Waals surface area contributed by atoms with Gasteiger partial charge in [0.05, 0.1) is 6.04 Å². The van der Waals surface area contributed by atoms with Gasteiger partial charge < -0.3 is 4.74 Å². The molecular formula is C12H13F2NO. The van der Waals surface area contributed by atoms with Crippen molar-refractivity contribution < 1.29 is 13.5 Å². The largest absolute Gasteiger partial charge is 0.475 e. The summed E-state index contributed by atoms with van der Waals surface area (Å²) in [5.74, 6) is -0.895. The topological polar surface area (TPSA) is 21.6 Å². The van der Waals surface area contributed by atoms with Gasteiger partial charge in [-0.2, -0.15) is 0 Å². The second kappa shape index (κ2) is 4.20. The van der Waals surface area contributed by atoms with E-state index in [2.05, 4.69) is 4.99 Å². The molecule has 0 aromatic heterocycles. The van der Waals surface area contributed by atoms with Crippen molar-refractivity contribution in [2.75, 3.05) is 6.61 Å². The standard InChI is InChI=1S/C12H13F2NO/c1-7(2)10-6-16-12(15-10)11-8(13)4-3-5-9(11)14/h3-5,7,10H,6H2,1-2H3/t10-/m0/s1. The van der Waals surface area contributed by atoms with Crippen LogP contribution < -0.4 is 0 Å². The molecule has 1 aliphatic heterocycles. The van der Waals surface area contributed by atoms with Crippen LogP contribution in [-0.2, 0) is 4.74 Å². The zero-order chi connectivity index (χ0) is 11.7. The maximum Gasteiger partial charge on any atom is 0.222 e. The fraction of sp³-hybridized carbons (Fsp3) is 0.417. The molecule has 0 amide bonds. The van der Waals surface area contributed by atoms with Crippen molar-refractivity contribution in [1.82, 2.24) is 0 Å². The van der Waals surface area contributed by atoms with Crippen LogP contribution in [0.15, 0.2) is 23.2 Å². The highest BCUT2D eigenvalue weighted by Gasteiger charge is 2.26. The molecule has 16 heavy (non-hydrogen) atoms. The summed E-state index contributed by atoms with van der Waals surface area (Å²) in [4.78, 5) is 4.19. The van der Waals surface area contributed by atoms with E-state index in [1.165, 1.54) is 18.2 Å². The molecule has 0 spiro atoms. The van der Waals surface area contributed by atoms with Gasteiger partial charge in [0.1, 0.15) is 23.8 Å². The third-order valence-electron chi connectivity index (χ3n) is 2.62. The monoisotopic (exact) mass is 225 g/mol. The Labute approximate surface area is 93.0 Å². The van der Waals surface area contributed by atoms with Gasteiger partial charge in [-0.05, 0) is 18.1 Å². The summed E-state index contributed by atoms with van der Waals surface area (Å²) in [5.41, 5.74) is -0.161. The molecule has 2 nitrogen and oxygen atoms in total. The van der Waals surface area contributed by atoms with E-state index in [-0.39, 0.29) is 17.5 Å². The molecule has 86 valence electrons. The molecule has 0 saturated heterocycles.